The average molecular weight is 714 g/mol. The zero-order valence-corrected chi connectivity index (χ0v) is 34.3. The van der Waals surface area contributed by atoms with Crippen LogP contribution in [0, 0.1) is 11.3 Å². The number of carbonyl (C=O) groups is 2. The zero-order chi connectivity index (χ0) is 37.4. The number of carbonyl (C=O) groups excluding carboxylic acids is 2. The summed E-state index contributed by atoms with van der Waals surface area (Å²) in [6.45, 7) is 11.1. The predicted octanol–water partition coefficient (Wildman–Crippen LogP) is 12.0. The Hall–Kier alpha value is -2.13. The van der Waals surface area contributed by atoms with Gasteiger partial charge in [-0.3, -0.25) is 9.59 Å². The third kappa shape index (κ3) is 34.7. The Balaban J connectivity index is 3.96. The molecule has 0 aliphatic carbocycles. The molecule has 2 N–H and O–H groups in total. The SMILES string of the molecule is CCCCCCCCC=CCCCCCCCC(=O)NCC[N+](CC)(CCC#N)CCNC(=O)CCCCCCCC=CCCCCCCCC. The van der Waals surface area contributed by atoms with Gasteiger partial charge in [0.05, 0.1) is 51.8 Å². The van der Waals surface area contributed by atoms with Gasteiger partial charge in [0, 0.05) is 12.8 Å². The van der Waals surface area contributed by atoms with Gasteiger partial charge >= 0.3 is 0 Å². The van der Waals surface area contributed by atoms with Gasteiger partial charge in [-0.05, 0) is 71.1 Å². The lowest BCUT2D eigenvalue weighted by Crippen LogP contribution is -2.55. The third-order valence-corrected chi connectivity index (χ3v) is 10.5. The Bertz CT molecular complexity index is 820. The van der Waals surface area contributed by atoms with E-state index >= 15 is 0 Å². The molecule has 2 amide bonds. The summed E-state index contributed by atoms with van der Waals surface area (Å²) in [4.78, 5) is 25.0. The van der Waals surface area contributed by atoms with Crippen molar-refractivity contribution in [1.82, 2.24) is 10.6 Å². The van der Waals surface area contributed by atoms with Gasteiger partial charge in [-0.2, -0.15) is 5.26 Å². The smallest absolute Gasteiger partial charge is 0.220 e. The van der Waals surface area contributed by atoms with Crippen molar-refractivity contribution >= 4 is 11.8 Å². The van der Waals surface area contributed by atoms with Crippen molar-refractivity contribution in [2.75, 3.05) is 39.3 Å². The summed E-state index contributed by atoms with van der Waals surface area (Å²) >= 11 is 0. The quantitative estimate of drug-likeness (QED) is 0.0378. The summed E-state index contributed by atoms with van der Waals surface area (Å²) in [5, 5.41) is 15.5. The number of likely N-dealkylation sites (N-methyl/N-ethyl adjacent to an activating group) is 1. The lowest BCUT2D eigenvalue weighted by Gasteiger charge is -2.37. The maximum Gasteiger partial charge on any atom is 0.220 e. The minimum Gasteiger partial charge on any atom is -0.350 e. The highest BCUT2D eigenvalue weighted by Crippen LogP contribution is 2.12. The first-order valence-corrected chi connectivity index (χ1v) is 22.1. The van der Waals surface area contributed by atoms with E-state index in [1.54, 1.807) is 0 Å². The van der Waals surface area contributed by atoms with Crippen molar-refractivity contribution in [3.8, 4) is 6.07 Å². The zero-order valence-electron chi connectivity index (χ0n) is 34.3. The molecule has 0 radical (unpaired) electrons. The van der Waals surface area contributed by atoms with Crippen LogP contribution in [-0.2, 0) is 9.59 Å². The Morgan fingerprint density at radius 2 is 0.824 bits per heavy atom. The maximum atomic E-state index is 12.5. The molecule has 0 unspecified atom stereocenters. The van der Waals surface area contributed by atoms with E-state index in [9.17, 15) is 14.9 Å². The number of unbranched alkanes of at least 4 members (excludes halogenated alkanes) is 22. The van der Waals surface area contributed by atoms with Gasteiger partial charge in [-0.15, -0.1) is 0 Å². The first kappa shape index (κ1) is 48.9. The molecule has 0 fully saturated rings. The number of quaternary nitrogens is 1. The fourth-order valence-electron chi connectivity index (χ4n) is 6.85. The number of rotatable bonds is 39. The molecule has 51 heavy (non-hydrogen) atoms. The maximum absolute atomic E-state index is 12.5. The second-order valence-corrected chi connectivity index (χ2v) is 15.1. The third-order valence-electron chi connectivity index (χ3n) is 10.5. The van der Waals surface area contributed by atoms with Gasteiger partial charge in [0.2, 0.25) is 11.8 Å². The Morgan fingerprint density at radius 3 is 1.16 bits per heavy atom. The first-order chi connectivity index (χ1) is 25.0. The molecular formula is C45H85N4O2+. The van der Waals surface area contributed by atoms with Crippen LogP contribution >= 0.6 is 0 Å². The van der Waals surface area contributed by atoms with Crippen molar-refractivity contribution in [3.63, 3.8) is 0 Å². The Kier molecular flexibility index (Phi) is 37.5. The minimum atomic E-state index is 0.135. The number of nitrogens with one attached hydrogen (secondary N) is 2. The fourth-order valence-corrected chi connectivity index (χ4v) is 6.85. The Labute approximate surface area is 317 Å². The van der Waals surface area contributed by atoms with Crippen LogP contribution in [-0.4, -0.2) is 55.6 Å². The highest BCUT2D eigenvalue weighted by atomic mass is 16.2. The normalized spacial score (nSPS) is 12.7. The van der Waals surface area contributed by atoms with E-state index in [0.29, 0.717) is 32.4 Å². The number of hydrogen-bond acceptors (Lipinski definition) is 3. The topological polar surface area (TPSA) is 82.0 Å². The molecule has 6 nitrogen and oxygen atoms in total. The van der Waals surface area contributed by atoms with Crippen molar-refractivity contribution < 1.29 is 14.1 Å². The van der Waals surface area contributed by atoms with Gasteiger partial charge < -0.3 is 15.1 Å². The summed E-state index contributed by atoms with van der Waals surface area (Å²) in [6, 6.07) is 2.30. The predicted molar refractivity (Wildman–Crippen MR) is 221 cm³/mol. The largest absolute Gasteiger partial charge is 0.350 e. The van der Waals surface area contributed by atoms with E-state index in [1.165, 1.54) is 141 Å². The van der Waals surface area contributed by atoms with Crippen LogP contribution in [0.3, 0.4) is 0 Å². The lowest BCUT2D eigenvalue weighted by molar-refractivity contribution is -0.923. The number of nitriles is 1. The van der Waals surface area contributed by atoms with Gasteiger partial charge in [0.25, 0.3) is 0 Å². The molecule has 0 rings (SSSR count). The lowest BCUT2D eigenvalue weighted by atomic mass is 10.1. The van der Waals surface area contributed by atoms with E-state index < -0.39 is 0 Å². The van der Waals surface area contributed by atoms with E-state index in [1.807, 2.05) is 0 Å². The number of nitrogens with zero attached hydrogens (tertiary/aromatic N) is 2. The monoisotopic (exact) mass is 714 g/mol. The highest BCUT2D eigenvalue weighted by molar-refractivity contribution is 5.76. The van der Waals surface area contributed by atoms with Crippen LogP contribution in [0.2, 0.25) is 0 Å². The van der Waals surface area contributed by atoms with E-state index in [-0.39, 0.29) is 11.8 Å². The summed E-state index contributed by atoms with van der Waals surface area (Å²) in [6.07, 6.45) is 43.8. The molecule has 0 atom stereocenters. The molecule has 0 aromatic heterocycles. The molecule has 0 saturated carbocycles. The Morgan fingerprint density at radius 1 is 0.490 bits per heavy atom. The molecule has 296 valence electrons. The van der Waals surface area contributed by atoms with Crippen molar-refractivity contribution in [2.45, 2.75) is 207 Å². The van der Waals surface area contributed by atoms with Crippen LogP contribution in [0.4, 0.5) is 0 Å². The molecule has 0 saturated heterocycles. The molecule has 0 bridgehead atoms. The highest BCUT2D eigenvalue weighted by Gasteiger charge is 2.25. The van der Waals surface area contributed by atoms with Gasteiger partial charge in [-0.1, -0.05) is 141 Å². The van der Waals surface area contributed by atoms with E-state index in [2.05, 4.69) is 61.8 Å². The molecule has 0 aliphatic heterocycles. The molecular weight excluding hydrogens is 629 g/mol. The molecule has 0 spiro atoms. The first-order valence-electron chi connectivity index (χ1n) is 22.1. The van der Waals surface area contributed by atoms with Crippen LogP contribution in [0.25, 0.3) is 0 Å². The number of hydrogen-bond donors (Lipinski definition) is 2. The number of amides is 2. The molecule has 0 aromatic rings. The second-order valence-electron chi connectivity index (χ2n) is 15.1. The van der Waals surface area contributed by atoms with Crippen molar-refractivity contribution in [1.29, 1.82) is 5.26 Å². The van der Waals surface area contributed by atoms with Crippen molar-refractivity contribution in [3.05, 3.63) is 24.3 Å². The average Bonchev–Trinajstić information content (AvgIpc) is 3.13. The van der Waals surface area contributed by atoms with E-state index in [0.717, 1.165) is 56.3 Å². The fraction of sp³-hybridized carbons (Fsp3) is 0.844. The summed E-state index contributed by atoms with van der Waals surface area (Å²) in [5.41, 5.74) is 0. The molecule has 6 heteroatoms. The van der Waals surface area contributed by atoms with Crippen LogP contribution < -0.4 is 10.6 Å². The van der Waals surface area contributed by atoms with E-state index in [4.69, 9.17) is 0 Å². The van der Waals surface area contributed by atoms with Crippen LogP contribution in [0.1, 0.15) is 207 Å². The number of allylic oxidation sites excluding steroid dienone is 4. The van der Waals surface area contributed by atoms with Gasteiger partial charge in [-0.25, -0.2) is 0 Å². The minimum absolute atomic E-state index is 0.135. The summed E-state index contributed by atoms with van der Waals surface area (Å²) in [7, 11) is 0. The molecule has 0 aliphatic rings. The van der Waals surface area contributed by atoms with Gasteiger partial charge in [0.1, 0.15) is 0 Å². The standard InChI is InChI=1S/C45H84N4O2/c1-4-7-9-11-13-15-17-19-21-23-25-27-29-31-33-36-44(50)47-39-42-49(6-3,41-35-38-46)43-40-48-45(51)37-34-32-30-28-26-24-22-20-18-16-14-12-10-8-5-2/h19-22H,4-18,23-37,39-43H2,1-3H3,(H-,47,48,50,51)/p+1. The van der Waals surface area contributed by atoms with Crippen LogP contribution in [0.5, 0.6) is 0 Å². The van der Waals surface area contributed by atoms with Gasteiger partial charge in [0.15, 0.2) is 0 Å². The van der Waals surface area contributed by atoms with Crippen LogP contribution in [0.15, 0.2) is 24.3 Å². The summed E-state index contributed by atoms with van der Waals surface area (Å²) in [5.74, 6) is 0.269. The molecule has 0 heterocycles. The molecule has 0 aromatic carbocycles. The second kappa shape index (κ2) is 39.1. The summed E-state index contributed by atoms with van der Waals surface area (Å²) < 4.78 is 0.745. The van der Waals surface area contributed by atoms with Crippen molar-refractivity contribution in [2.24, 2.45) is 0 Å².